The predicted octanol–water partition coefficient (Wildman–Crippen LogP) is 3.47. The number of hydrogen-bond acceptors (Lipinski definition) is 5. The number of benzene rings is 1. The molecule has 0 spiro atoms. The second-order valence-electron chi connectivity index (χ2n) is 7.46. The van der Waals surface area contributed by atoms with Crippen LogP contribution in [0.5, 0.6) is 0 Å². The quantitative estimate of drug-likeness (QED) is 0.877. The predicted molar refractivity (Wildman–Crippen MR) is 111 cm³/mol. The van der Waals surface area contributed by atoms with E-state index >= 15 is 0 Å². The summed E-state index contributed by atoms with van der Waals surface area (Å²) < 4.78 is 0. The Morgan fingerprint density at radius 1 is 1.07 bits per heavy atom. The first-order chi connectivity index (χ1) is 12.9. The van der Waals surface area contributed by atoms with Gasteiger partial charge in [-0.1, -0.05) is 17.7 Å². The Kier molecular flexibility index (Phi) is 5.94. The molecule has 1 aliphatic rings. The minimum absolute atomic E-state index is 0.0503. The van der Waals surface area contributed by atoms with Crippen LogP contribution >= 0.6 is 0 Å². The smallest absolute Gasteiger partial charge is 0.243 e. The number of anilines is 3. The number of carbonyl (C=O) groups excluding carboxylic acids is 1. The monoisotopic (exact) mass is 367 g/mol. The summed E-state index contributed by atoms with van der Waals surface area (Å²) >= 11 is 0. The van der Waals surface area contributed by atoms with E-state index in [1.807, 2.05) is 31.9 Å². The molecule has 6 heteroatoms. The first kappa shape index (κ1) is 19.1. The second kappa shape index (κ2) is 8.37. The molecule has 1 N–H and O–H groups in total. The van der Waals surface area contributed by atoms with Crippen molar-refractivity contribution in [3.05, 3.63) is 41.2 Å². The number of nitrogens with one attached hydrogen (secondary N) is 1. The van der Waals surface area contributed by atoms with Crippen molar-refractivity contribution in [2.75, 3.05) is 41.8 Å². The van der Waals surface area contributed by atoms with Crippen molar-refractivity contribution in [1.82, 2.24) is 9.97 Å². The Morgan fingerprint density at radius 2 is 1.74 bits per heavy atom. The van der Waals surface area contributed by atoms with E-state index in [2.05, 4.69) is 39.2 Å². The van der Waals surface area contributed by atoms with Crippen molar-refractivity contribution in [2.24, 2.45) is 0 Å². The van der Waals surface area contributed by atoms with Crippen LogP contribution in [0, 0.1) is 20.8 Å². The van der Waals surface area contributed by atoms with E-state index in [0.717, 1.165) is 41.5 Å². The highest BCUT2D eigenvalue weighted by molar-refractivity contribution is 5.95. The van der Waals surface area contributed by atoms with E-state index in [1.165, 1.54) is 24.8 Å². The summed E-state index contributed by atoms with van der Waals surface area (Å²) in [6.07, 6.45) is 5.27. The zero-order valence-corrected chi connectivity index (χ0v) is 16.7. The van der Waals surface area contributed by atoms with Crippen LogP contribution in [-0.2, 0) is 4.79 Å². The Bertz CT molecular complexity index is 791. The fourth-order valence-corrected chi connectivity index (χ4v) is 3.69. The van der Waals surface area contributed by atoms with Gasteiger partial charge in [0.1, 0.15) is 18.0 Å². The first-order valence-electron chi connectivity index (χ1n) is 9.60. The molecule has 1 aromatic carbocycles. The summed E-state index contributed by atoms with van der Waals surface area (Å²) in [5.41, 5.74) is 4.26. The van der Waals surface area contributed by atoms with Crippen LogP contribution < -0.4 is 15.1 Å². The van der Waals surface area contributed by atoms with Crippen LogP contribution in [0.4, 0.5) is 17.3 Å². The zero-order chi connectivity index (χ0) is 19.4. The van der Waals surface area contributed by atoms with Gasteiger partial charge in [-0.3, -0.25) is 4.79 Å². The summed E-state index contributed by atoms with van der Waals surface area (Å²) in [6.45, 7) is 8.42. The van der Waals surface area contributed by atoms with Gasteiger partial charge in [0.15, 0.2) is 0 Å². The molecule has 2 aromatic rings. The Hall–Kier alpha value is -2.63. The maximum absolute atomic E-state index is 12.6. The topological polar surface area (TPSA) is 61.4 Å². The van der Waals surface area contributed by atoms with Crippen molar-refractivity contribution in [2.45, 2.75) is 40.0 Å². The molecule has 0 aliphatic carbocycles. The molecule has 27 heavy (non-hydrogen) atoms. The third kappa shape index (κ3) is 4.76. The first-order valence-corrected chi connectivity index (χ1v) is 9.60. The number of piperidine rings is 1. The van der Waals surface area contributed by atoms with Gasteiger partial charge in [0.25, 0.3) is 0 Å². The number of carbonyl (C=O) groups is 1. The molecule has 3 rings (SSSR count). The fraction of sp³-hybridized carbons (Fsp3) is 0.476. The molecule has 0 unspecified atom stereocenters. The van der Waals surface area contributed by atoms with Crippen LogP contribution in [-0.4, -0.2) is 42.6 Å². The highest BCUT2D eigenvalue weighted by Gasteiger charge is 2.16. The average molecular weight is 367 g/mol. The molecular weight excluding hydrogens is 338 g/mol. The number of hydrogen-bond donors (Lipinski definition) is 1. The van der Waals surface area contributed by atoms with Gasteiger partial charge >= 0.3 is 0 Å². The molecule has 1 fully saturated rings. The van der Waals surface area contributed by atoms with Crippen molar-refractivity contribution < 1.29 is 4.79 Å². The largest absolute Gasteiger partial charge is 0.356 e. The van der Waals surface area contributed by atoms with Crippen LogP contribution in [0.25, 0.3) is 0 Å². The molecule has 1 aromatic heterocycles. The molecule has 0 radical (unpaired) electrons. The molecule has 144 valence electrons. The van der Waals surface area contributed by atoms with Crippen LogP contribution in [0.2, 0.25) is 0 Å². The van der Waals surface area contributed by atoms with Gasteiger partial charge in [0.2, 0.25) is 5.91 Å². The Balaban J connectivity index is 1.66. The highest BCUT2D eigenvalue weighted by Crippen LogP contribution is 2.23. The minimum atomic E-state index is -0.0503. The second-order valence-corrected chi connectivity index (χ2v) is 7.46. The Labute approximate surface area is 161 Å². The number of amides is 1. The number of aromatic nitrogens is 2. The molecule has 1 amide bonds. The zero-order valence-electron chi connectivity index (χ0n) is 16.7. The van der Waals surface area contributed by atoms with Crippen LogP contribution in [0.3, 0.4) is 0 Å². The van der Waals surface area contributed by atoms with Crippen LogP contribution in [0.1, 0.15) is 36.0 Å². The maximum atomic E-state index is 12.6. The summed E-state index contributed by atoms with van der Waals surface area (Å²) in [4.78, 5) is 25.5. The van der Waals surface area contributed by atoms with E-state index in [-0.39, 0.29) is 12.5 Å². The minimum Gasteiger partial charge on any atom is -0.356 e. The molecule has 0 saturated carbocycles. The maximum Gasteiger partial charge on any atom is 0.243 e. The lowest BCUT2D eigenvalue weighted by Crippen LogP contribution is -2.32. The van der Waals surface area contributed by atoms with Gasteiger partial charge in [0.05, 0.1) is 6.54 Å². The van der Waals surface area contributed by atoms with Gasteiger partial charge in [-0.05, 0) is 51.2 Å². The van der Waals surface area contributed by atoms with E-state index < -0.39 is 0 Å². The lowest BCUT2D eigenvalue weighted by Gasteiger charge is -2.28. The summed E-state index contributed by atoms with van der Waals surface area (Å²) in [5, 5.41) is 3.05. The standard InChI is InChI=1S/C21H29N5O/c1-15-10-16(2)21(17(3)11-15)24-20(27)13-25(4)18-12-19(23-14-22-18)26-8-6-5-7-9-26/h10-12,14H,5-9,13H2,1-4H3,(H,24,27). The summed E-state index contributed by atoms with van der Waals surface area (Å²) in [5.74, 6) is 1.65. The van der Waals surface area contributed by atoms with E-state index in [0.29, 0.717) is 0 Å². The summed E-state index contributed by atoms with van der Waals surface area (Å²) in [6, 6.07) is 6.14. The van der Waals surface area contributed by atoms with Crippen LogP contribution in [0.15, 0.2) is 24.5 Å². The molecule has 0 bridgehead atoms. The molecule has 1 saturated heterocycles. The SMILES string of the molecule is Cc1cc(C)c(NC(=O)CN(C)c2cc(N3CCCCC3)ncn2)c(C)c1. The van der Waals surface area contributed by atoms with Gasteiger partial charge in [-0.15, -0.1) is 0 Å². The number of rotatable bonds is 5. The number of likely N-dealkylation sites (N-methyl/N-ethyl adjacent to an activating group) is 1. The van der Waals surface area contributed by atoms with Gasteiger partial charge in [-0.2, -0.15) is 0 Å². The van der Waals surface area contributed by atoms with E-state index in [9.17, 15) is 4.79 Å². The highest BCUT2D eigenvalue weighted by atomic mass is 16.2. The van der Waals surface area contributed by atoms with Crippen molar-refractivity contribution >= 4 is 23.2 Å². The lowest BCUT2D eigenvalue weighted by atomic mass is 10.1. The molecule has 0 atom stereocenters. The third-order valence-electron chi connectivity index (χ3n) is 5.03. The molecular formula is C21H29N5O. The lowest BCUT2D eigenvalue weighted by molar-refractivity contribution is -0.114. The van der Waals surface area contributed by atoms with Crippen molar-refractivity contribution in [1.29, 1.82) is 0 Å². The van der Waals surface area contributed by atoms with Gasteiger partial charge in [0, 0.05) is 31.9 Å². The van der Waals surface area contributed by atoms with Crippen molar-refractivity contribution in [3.8, 4) is 0 Å². The molecule has 6 nitrogen and oxygen atoms in total. The van der Waals surface area contributed by atoms with Crippen molar-refractivity contribution in [3.63, 3.8) is 0 Å². The van der Waals surface area contributed by atoms with E-state index in [4.69, 9.17) is 0 Å². The number of aryl methyl sites for hydroxylation is 3. The molecule has 2 heterocycles. The number of nitrogens with zero attached hydrogens (tertiary/aromatic N) is 4. The Morgan fingerprint density at radius 3 is 2.41 bits per heavy atom. The van der Waals surface area contributed by atoms with Gasteiger partial charge in [-0.25, -0.2) is 9.97 Å². The van der Waals surface area contributed by atoms with E-state index in [1.54, 1.807) is 6.33 Å². The average Bonchev–Trinajstić information content (AvgIpc) is 2.65. The fourth-order valence-electron chi connectivity index (χ4n) is 3.69. The molecule has 1 aliphatic heterocycles. The van der Waals surface area contributed by atoms with Gasteiger partial charge < -0.3 is 15.1 Å². The third-order valence-corrected chi connectivity index (χ3v) is 5.03. The summed E-state index contributed by atoms with van der Waals surface area (Å²) in [7, 11) is 1.89. The normalized spacial score (nSPS) is 14.1.